The zero-order valence-electron chi connectivity index (χ0n) is 13.5. The van der Waals surface area contributed by atoms with Crippen molar-refractivity contribution in [3.63, 3.8) is 0 Å². The zero-order valence-corrected chi connectivity index (χ0v) is 15.6. The highest BCUT2D eigenvalue weighted by molar-refractivity contribution is 14.1. The Hall–Kier alpha value is -1.58. The summed E-state index contributed by atoms with van der Waals surface area (Å²) in [5, 5.41) is 4.29. The lowest BCUT2D eigenvalue weighted by molar-refractivity contribution is 0.0240. The number of nitrogens with zero attached hydrogens (tertiary/aromatic N) is 5. The molecule has 8 heteroatoms. The number of carbonyl (C=O) groups excluding carboxylic acids is 1. The van der Waals surface area contributed by atoms with E-state index >= 15 is 0 Å². The second kappa shape index (κ2) is 6.14. The fourth-order valence-corrected chi connectivity index (χ4v) is 2.98. The van der Waals surface area contributed by atoms with E-state index < -0.39 is 5.60 Å². The fourth-order valence-electron chi connectivity index (χ4n) is 2.47. The lowest BCUT2D eigenvalue weighted by Gasteiger charge is -2.36. The Morgan fingerprint density at radius 1 is 1.22 bits per heavy atom. The standard InChI is InChI=1S/C15H20IN5O2/c1-15(2,3)23-14(22)20-6-4-19(5-7-20)11-8-17-13-12(16)9-18-21(13)10-11/h8-10H,4-7H2,1-3H3. The first kappa shape index (κ1) is 16.3. The molecule has 1 amide bonds. The molecule has 3 rings (SSSR count). The third kappa shape index (κ3) is 3.67. The maximum Gasteiger partial charge on any atom is 0.410 e. The van der Waals surface area contributed by atoms with Gasteiger partial charge in [0.1, 0.15) is 5.60 Å². The number of anilines is 1. The van der Waals surface area contributed by atoms with Crippen molar-refractivity contribution in [1.29, 1.82) is 0 Å². The summed E-state index contributed by atoms with van der Waals surface area (Å²) in [5.41, 5.74) is 1.42. The molecule has 7 nitrogen and oxygen atoms in total. The summed E-state index contributed by atoms with van der Waals surface area (Å²) in [7, 11) is 0. The molecule has 0 bridgehead atoms. The SMILES string of the molecule is CC(C)(C)OC(=O)N1CCN(c2cnc3c(I)cnn3c2)CC1. The molecular formula is C15H20IN5O2. The maximum absolute atomic E-state index is 12.1. The maximum atomic E-state index is 12.1. The highest BCUT2D eigenvalue weighted by Gasteiger charge is 2.26. The van der Waals surface area contributed by atoms with Crippen LogP contribution in [0.2, 0.25) is 0 Å². The smallest absolute Gasteiger partial charge is 0.410 e. The van der Waals surface area contributed by atoms with E-state index in [0.717, 1.165) is 28.0 Å². The van der Waals surface area contributed by atoms with Gasteiger partial charge >= 0.3 is 6.09 Å². The second-order valence-corrected chi connectivity index (χ2v) is 7.69. The topological polar surface area (TPSA) is 63.0 Å². The normalized spacial score (nSPS) is 16.0. The van der Waals surface area contributed by atoms with Crippen molar-refractivity contribution in [2.75, 3.05) is 31.1 Å². The van der Waals surface area contributed by atoms with E-state index in [9.17, 15) is 4.79 Å². The molecule has 0 spiro atoms. The van der Waals surface area contributed by atoms with E-state index in [0.29, 0.717) is 13.1 Å². The first-order valence-electron chi connectivity index (χ1n) is 7.55. The van der Waals surface area contributed by atoms with E-state index in [-0.39, 0.29) is 6.09 Å². The highest BCUT2D eigenvalue weighted by Crippen LogP contribution is 2.19. The predicted molar refractivity (Wildman–Crippen MR) is 95.7 cm³/mol. The molecule has 0 N–H and O–H groups in total. The zero-order chi connectivity index (χ0) is 16.6. The van der Waals surface area contributed by atoms with Crippen molar-refractivity contribution in [3.8, 4) is 0 Å². The van der Waals surface area contributed by atoms with Gasteiger partial charge in [0.2, 0.25) is 0 Å². The first-order valence-corrected chi connectivity index (χ1v) is 8.63. The molecule has 1 saturated heterocycles. The van der Waals surface area contributed by atoms with Gasteiger partial charge in [0.05, 0.1) is 27.8 Å². The summed E-state index contributed by atoms with van der Waals surface area (Å²) in [5.74, 6) is 0. The molecule has 0 aliphatic carbocycles. The van der Waals surface area contributed by atoms with Gasteiger partial charge in [-0.1, -0.05) is 0 Å². The predicted octanol–water partition coefficient (Wildman–Crippen LogP) is 2.39. The minimum atomic E-state index is -0.458. The quantitative estimate of drug-likeness (QED) is 0.652. The Balaban J connectivity index is 1.65. The molecule has 23 heavy (non-hydrogen) atoms. The van der Waals surface area contributed by atoms with E-state index in [1.165, 1.54) is 0 Å². The third-order valence-electron chi connectivity index (χ3n) is 3.60. The minimum Gasteiger partial charge on any atom is -0.444 e. The van der Waals surface area contributed by atoms with Gasteiger partial charge < -0.3 is 14.5 Å². The number of carbonyl (C=O) groups is 1. The number of aromatic nitrogens is 3. The molecule has 0 atom stereocenters. The molecule has 1 fully saturated rings. The highest BCUT2D eigenvalue weighted by atomic mass is 127. The monoisotopic (exact) mass is 429 g/mol. The Bertz CT molecular complexity index is 716. The van der Waals surface area contributed by atoms with Crippen LogP contribution in [0.15, 0.2) is 18.6 Å². The number of amides is 1. The molecule has 0 radical (unpaired) electrons. The molecular weight excluding hydrogens is 409 g/mol. The molecule has 124 valence electrons. The average molecular weight is 429 g/mol. The van der Waals surface area contributed by atoms with Crippen LogP contribution in [-0.2, 0) is 4.74 Å². The molecule has 1 aliphatic rings. The number of piperazine rings is 1. The van der Waals surface area contributed by atoms with Gasteiger partial charge in [-0.05, 0) is 43.4 Å². The van der Waals surface area contributed by atoms with Crippen LogP contribution in [0.25, 0.3) is 5.65 Å². The largest absolute Gasteiger partial charge is 0.444 e. The summed E-state index contributed by atoms with van der Waals surface area (Å²) in [4.78, 5) is 20.5. The van der Waals surface area contributed by atoms with Crippen molar-refractivity contribution < 1.29 is 9.53 Å². The number of hydrogen-bond donors (Lipinski definition) is 0. The third-order valence-corrected chi connectivity index (χ3v) is 4.36. The van der Waals surface area contributed by atoms with Crippen LogP contribution in [0.5, 0.6) is 0 Å². The number of halogens is 1. The van der Waals surface area contributed by atoms with Crippen molar-refractivity contribution in [1.82, 2.24) is 19.5 Å². The Kier molecular flexibility index (Phi) is 4.35. The van der Waals surface area contributed by atoms with Crippen LogP contribution < -0.4 is 4.90 Å². The number of rotatable bonds is 1. The molecule has 2 aromatic rings. The van der Waals surface area contributed by atoms with E-state index in [1.807, 2.05) is 33.2 Å². The first-order chi connectivity index (χ1) is 10.8. The van der Waals surface area contributed by atoms with E-state index in [1.54, 1.807) is 15.6 Å². The molecule has 2 aromatic heterocycles. The van der Waals surface area contributed by atoms with E-state index in [2.05, 4.69) is 37.6 Å². The van der Waals surface area contributed by atoms with Crippen LogP contribution >= 0.6 is 22.6 Å². The van der Waals surface area contributed by atoms with Gasteiger partial charge in [0.15, 0.2) is 5.65 Å². The van der Waals surface area contributed by atoms with Gasteiger partial charge in [-0.25, -0.2) is 14.3 Å². The lowest BCUT2D eigenvalue weighted by Crippen LogP contribution is -2.50. The molecule has 0 saturated carbocycles. The molecule has 3 heterocycles. The summed E-state index contributed by atoms with van der Waals surface area (Å²) in [6, 6.07) is 0. The van der Waals surface area contributed by atoms with Crippen molar-refractivity contribution in [3.05, 3.63) is 22.2 Å². The summed E-state index contributed by atoms with van der Waals surface area (Å²) in [6.45, 7) is 8.44. The van der Waals surface area contributed by atoms with Gasteiger partial charge in [-0.15, -0.1) is 0 Å². The Morgan fingerprint density at radius 3 is 2.57 bits per heavy atom. The summed E-state index contributed by atoms with van der Waals surface area (Å²) < 4.78 is 8.24. The minimum absolute atomic E-state index is 0.243. The number of fused-ring (bicyclic) bond motifs is 1. The Morgan fingerprint density at radius 2 is 1.91 bits per heavy atom. The van der Waals surface area contributed by atoms with Crippen molar-refractivity contribution >= 4 is 40.0 Å². The molecule has 0 unspecified atom stereocenters. The number of ether oxygens (including phenoxy) is 1. The van der Waals surface area contributed by atoms with E-state index in [4.69, 9.17) is 4.74 Å². The fraction of sp³-hybridized carbons (Fsp3) is 0.533. The van der Waals surface area contributed by atoms with Gasteiger partial charge in [-0.3, -0.25) is 0 Å². The van der Waals surface area contributed by atoms with Gasteiger partial charge in [0, 0.05) is 26.2 Å². The lowest BCUT2D eigenvalue weighted by atomic mass is 10.2. The van der Waals surface area contributed by atoms with Crippen molar-refractivity contribution in [2.45, 2.75) is 26.4 Å². The van der Waals surface area contributed by atoms with Gasteiger partial charge in [-0.2, -0.15) is 5.10 Å². The Labute approximate surface area is 148 Å². The van der Waals surface area contributed by atoms with Crippen LogP contribution in [0.3, 0.4) is 0 Å². The van der Waals surface area contributed by atoms with Crippen LogP contribution in [0.4, 0.5) is 10.5 Å². The number of hydrogen-bond acceptors (Lipinski definition) is 5. The summed E-state index contributed by atoms with van der Waals surface area (Å²) in [6.07, 6.45) is 5.40. The van der Waals surface area contributed by atoms with Crippen LogP contribution in [0, 0.1) is 3.57 Å². The average Bonchev–Trinajstić information content (AvgIpc) is 2.87. The van der Waals surface area contributed by atoms with Gasteiger partial charge in [0.25, 0.3) is 0 Å². The van der Waals surface area contributed by atoms with Crippen molar-refractivity contribution in [2.24, 2.45) is 0 Å². The second-order valence-electron chi connectivity index (χ2n) is 6.53. The summed E-state index contributed by atoms with van der Waals surface area (Å²) >= 11 is 2.22. The molecule has 1 aliphatic heterocycles. The van der Waals surface area contributed by atoms with Crippen LogP contribution in [-0.4, -0.2) is 57.4 Å². The molecule has 0 aromatic carbocycles. The van der Waals surface area contributed by atoms with Crippen LogP contribution in [0.1, 0.15) is 20.8 Å².